The third kappa shape index (κ3) is 31.0. The quantitative estimate of drug-likeness (QED) is 0.00382. The zero-order valence-corrected chi connectivity index (χ0v) is 52.7. The number of esters is 2. The number of aliphatic hydroxyl groups is 2. The van der Waals surface area contributed by atoms with Gasteiger partial charge in [-0.05, 0) is 55.5 Å². The standard InChI is InChI=1S/C60H80F5N6O21P/c1-38(2)54(69-46(74)22-29-85-31-33-87-34-32-86-30-23-48(76)91-55-52(64)50(62)49(61)51(63)53(55)65)44(73)35-40(13-12-25-67-57(66)78)56(77)68-41-19-17-39(18-20-41)37-89-59(80)71(5)27-26-70(4)58(79)88-28-10-8-6-7-9-14-42(72)36-45(92-93(82,83)84)60(3,81)24-21-43-15-11-16-47(75)90-43/h6-11,14,16-21,24,38,40,42-43,45,54,72,81H,12-13,15,22-23,25-37H2,1-5H3,(H,68,77)(H,69,74)(H3,66,67,78)(H2,82,83,84)/b7-6-,10-8-,14-9-,24-21+/t40-,42-,43+,45+,54+,60+/m1/s1. The molecule has 0 spiro atoms. The van der Waals surface area contributed by atoms with Gasteiger partial charge >= 0.3 is 38.0 Å². The monoisotopic (exact) mass is 1350 g/mol. The van der Waals surface area contributed by atoms with Crippen molar-refractivity contribution in [1.29, 1.82) is 0 Å². The molecule has 1 aliphatic rings. The van der Waals surface area contributed by atoms with Crippen molar-refractivity contribution in [2.75, 3.05) is 85.3 Å². The van der Waals surface area contributed by atoms with Crippen LogP contribution in [0.25, 0.3) is 0 Å². The number of hydrogen-bond donors (Lipinski definition) is 8. The van der Waals surface area contributed by atoms with Gasteiger partial charge in [-0.25, -0.2) is 36.9 Å². The predicted molar refractivity (Wildman–Crippen MR) is 320 cm³/mol. The third-order valence-corrected chi connectivity index (χ3v) is 13.8. The Labute approximate surface area is 533 Å². The molecule has 9 N–H and O–H groups in total. The van der Waals surface area contributed by atoms with E-state index in [2.05, 4.69) is 20.7 Å². The summed E-state index contributed by atoms with van der Waals surface area (Å²) in [6.45, 7) is 4.29. The molecule has 6 atom stereocenters. The highest BCUT2D eigenvalue weighted by atomic mass is 31.2. The molecule has 3 rings (SSSR count). The number of likely N-dealkylation sites (N-methyl/N-ethyl adjacent to an activating group) is 2. The van der Waals surface area contributed by atoms with Crippen LogP contribution in [0.5, 0.6) is 5.75 Å². The van der Waals surface area contributed by atoms with Crippen LogP contribution in [0.2, 0.25) is 0 Å². The first kappa shape index (κ1) is 79.3. The van der Waals surface area contributed by atoms with Gasteiger partial charge in [-0.2, -0.15) is 8.78 Å². The summed E-state index contributed by atoms with van der Waals surface area (Å²) in [4.78, 5) is 122. The smallest absolute Gasteiger partial charge is 0.455 e. The second-order valence-corrected chi connectivity index (χ2v) is 22.4. The maximum atomic E-state index is 13.7. The largest absolute Gasteiger partial charge is 0.469 e. The Bertz CT molecular complexity index is 2990. The van der Waals surface area contributed by atoms with Crippen LogP contribution >= 0.6 is 7.82 Å². The summed E-state index contributed by atoms with van der Waals surface area (Å²) >= 11 is 0. The number of rotatable bonds is 41. The molecular formula is C60H80F5N6O21P. The van der Waals surface area contributed by atoms with Gasteiger partial charge in [0.2, 0.25) is 46.6 Å². The number of phosphoric acid groups is 1. The molecule has 1 heterocycles. The highest BCUT2D eigenvalue weighted by Crippen LogP contribution is 2.42. The average Bonchev–Trinajstić information content (AvgIpc) is 0.991. The first-order valence-electron chi connectivity index (χ1n) is 29.1. The van der Waals surface area contributed by atoms with E-state index >= 15 is 0 Å². The fourth-order valence-corrected chi connectivity index (χ4v) is 8.72. The van der Waals surface area contributed by atoms with E-state index in [0.717, 1.165) is 0 Å². The van der Waals surface area contributed by atoms with Crippen LogP contribution in [-0.2, 0) is 68.1 Å². The number of carbonyl (C=O) groups excluding carboxylic acids is 8. The van der Waals surface area contributed by atoms with E-state index in [1.807, 2.05) is 0 Å². The van der Waals surface area contributed by atoms with Crippen LogP contribution < -0.4 is 26.4 Å². The predicted octanol–water partition coefficient (Wildman–Crippen LogP) is 5.63. The van der Waals surface area contributed by atoms with Crippen molar-refractivity contribution in [2.45, 2.75) is 102 Å². The molecule has 0 saturated carbocycles. The number of aliphatic hydroxyl groups excluding tert-OH is 1. The number of phosphoric ester groups is 1. The number of hydrogen-bond acceptors (Lipinski definition) is 19. The molecule has 0 aliphatic carbocycles. The average molecular weight is 1350 g/mol. The van der Waals surface area contributed by atoms with E-state index in [1.165, 1.54) is 73.4 Å². The molecule has 0 aromatic heterocycles. The van der Waals surface area contributed by atoms with Gasteiger partial charge in [0.1, 0.15) is 31.0 Å². The number of carbonyl (C=O) groups is 8. The van der Waals surface area contributed by atoms with Gasteiger partial charge in [-0.3, -0.25) is 23.7 Å². The number of primary amides is 1. The highest BCUT2D eigenvalue weighted by molar-refractivity contribution is 7.46. The van der Waals surface area contributed by atoms with Crippen molar-refractivity contribution in [3.63, 3.8) is 0 Å². The Morgan fingerprint density at radius 1 is 0.828 bits per heavy atom. The van der Waals surface area contributed by atoms with Gasteiger partial charge in [0.05, 0.1) is 58.2 Å². The molecule has 2 aromatic carbocycles. The molecule has 0 radical (unpaired) electrons. The summed E-state index contributed by atoms with van der Waals surface area (Å²) in [6.07, 6.45) is 8.48. The summed E-state index contributed by atoms with van der Waals surface area (Å²) in [6, 6.07) is 4.59. The van der Waals surface area contributed by atoms with Gasteiger partial charge in [-0.15, -0.1) is 0 Å². The number of urea groups is 1. The molecule has 27 nitrogen and oxygen atoms in total. The number of anilines is 1. The van der Waals surface area contributed by atoms with Crippen LogP contribution in [0.4, 0.5) is 42.0 Å². The van der Waals surface area contributed by atoms with Crippen molar-refractivity contribution in [1.82, 2.24) is 20.4 Å². The van der Waals surface area contributed by atoms with E-state index < -0.39 is 139 Å². The number of ketones is 1. The molecule has 1 aliphatic heterocycles. The Balaban J connectivity index is 1.37. The van der Waals surface area contributed by atoms with Gasteiger partial charge in [0, 0.05) is 77.1 Å². The van der Waals surface area contributed by atoms with Crippen molar-refractivity contribution >= 4 is 61.3 Å². The first-order chi connectivity index (χ1) is 43.9. The molecule has 93 heavy (non-hydrogen) atoms. The summed E-state index contributed by atoms with van der Waals surface area (Å²) in [5.41, 5.74) is 4.11. The molecule has 0 bridgehead atoms. The topological polar surface area (TPSA) is 377 Å². The fraction of sp³-hybridized carbons (Fsp3) is 0.500. The van der Waals surface area contributed by atoms with E-state index in [9.17, 15) is 84.9 Å². The fourth-order valence-electron chi connectivity index (χ4n) is 8.09. The van der Waals surface area contributed by atoms with E-state index in [-0.39, 0.29) is 104 Å². The molecule has 0 unspecified atom stereocenters. The summed E-state index contributed by atoms with van der Waals surface area (Å²) < 4.78 is 120. The summed E-state index contributed by atoms with van der Waals surface area (Å²) in [7, 11) is -2.17. The van der Waals surface area contributed by atoms with E-state index in [0.29, 0.717) is 17.7 Å². The molecule has 516 valence electrons. The zero-order valence-electron chi connectivity index (χ0n) is 51.8. The van der Waals surface area contributed by atoms with E-state index in [4.69, 9.17) is 38.7 Å². The lowest BCUT2D eigenvalue weighted by Gasteiger charge is -2.31. The molecule has 0 fully saturated rings. The number of nitrogens with one attached hydrogen (secondary N) is 3. The number of ether oxygens (including phenoxy) is 7. The minimum absolute atomic E-state index is 0.00562. The highest BCUT2D eigenvalue weighted by Gasteiger charge is 2.38. The Hall–Kier alpha value is -7.94. The zero-order chi connectivity index (χ0) is 69.3. The number of amides is 6. The molecule has 0 saturated heterocycles. The number of cyclic esters (lactones) is 1. The third-order valence-electron chi connectivity index (χ3n) is 13.2. The maximum Gasteiger partial charge on any atom is 0.469 e. The molecule has 6 amide bonds. The lowest BCUT2D eigenvalue weighted by atomic mass is 9.89. The molecular weight excluding hydrogens is 1270 g/mol. The SMILES string of the molecule is CC(C)[C@H](NC(=O)CCOCCOCCOCCC(=O)Oc1c(F)c(F)c(F)c(F)c1F)C(=O)C[C@@H](CCCNC(N)=O)C(=O)Nc1ccc(COC(=O)N(C)CCN(C)C(=O)OC\C=C/C=C\C=C/[C@@H](O)C[C@H](OP(=O)(O)O)[C@@](C)(O)/C=C/[C@@H]2CC=CC(=O)O2)cc1. The second kappa shape index (κ2) is 40.9. The number of benzene rings is 2. The number of allylic oxidation sites excluding steroid dienone is 4. The lowest BCUT2D eigenvalue weighted by Crippen LogP contribution is -2.45. The lowest BCUT2D eigenvalue weighted by molar-refractivity contribution is -0.142. The minimum atomic E-state index is -5.11. The van der Waals surface area contributed by atoms with Crippen LogP contribution in [0.1, 0.15) is 71.3 Å². The van der Waals surface area contributed by atoms with Crippen LogP contribution in [0, 0.1) is 40.9 Å². The first-order valence-corrected chi connectivity index (χ1v) is 30.6. The normalized spacial score (nSPS) is 15.4. The Kier molecular flexibility index (Phi) is 34.9. The summed E-state index contributed by atoms with van der Waals surface area (Å²) in [5, 5.41) is 29.4. The van der Waals surface area contributed by atoms with Crippen LogP contribution in [-0.4, -0.2) is 187 Å². The minimum Gasteiger partial charge on any atom is -0.455 e. The number of nitrogens with two attached hydrogens (primary N) is 1. The van der Waals surface area contributed by atoms with Crippen LogP contribution in [0.15, 0.2) is 85.0 Å². The van der Waals surface area contributed by atoms with Crippen molar-refractivity contribution in [3.05, 3.63) is 120 Å². The van der Waals surface area contributed by atoms with Crippen molar-refractivity contribution < 1.29 is 123 Å². The van der Waals surface area contributed by atoms with Crippen LogP contribution in [0.3, 0.4) is 0 Å². The van der Waals surface area contributed by atoms with Gasteiger partial charge in [0.25, 0.3) is 0 Å². The van der Waals surface area contributed by atoms with E-state index in [1.54, 1.807) is 56.3 Å². The van der Waals surface area contributed by atoms with Crippen molar-refractivity contribution in [3.8, 4) is 5.75 Å². The second-order valence-electron chi connectivity index (χ2n) is 21.2. The number of halogens is 5. The maximum absolute atomic E-state index is 13.7. The number of Topliss-reactive ketones (excluding diaryl/α,β-unsaturated/α-hetero) is 1. The summed E-state index contributed by atoms with van der Waals surface area (Å²) in [5.74, 6) is -17.9. The van der Waals surface area contributed by atoms with Gasteiger partial charge < -0.3 is 84.6 Å². The Morgan fingerprint density at radius 2 is 1.41 bits per heavy atom. The Morgan fingerprint density at radius 3 is 2.00 bits per heavy atom. The molecule has 33 heteroatoms. The number of nitrogens with zero attached hydrogens (tertiary/aromatic N) is 2. The van der Waals surface area contributed by atoms with Gasteiger partial charge in [0.15, 0.2) is 5.78 Å². The van der Waals surface area contributed by atoms with Crippen molar-refractivity contribution in [2.24, 2.45) is 17.6 Å². The van der Waals surface area contributed by atoms with Gasteiger partial charge in [-0.1, -0.05) is 68.5 Å². The molecule has 2 aromatic rings.